The van der Waals surface area contributed by atoms with Crippen molar-refractivity contribution in [3.8, 4) is 5.75 Å². The van der Waals surface area contributed by atoms with E-state index in [4.69, 9.17) is 4.74 Å². The van der Waals surface area contributed by atoms with Crippen LogP contribution in [0.15, 0.2) is 42.6 Å². The molecule has 2 aromatic rings. The number of ether oxygens (including phenoxy) is 1. The van der Waals surface area contributed by atoms with Crippen LogP contribution in [0.3, 0.4) is 0 Å². The molecule has 1 N–H and O–H groups in total. The van der Waals surface area contributed by atoms with E-state index in [0.29, 0.717) is 18.0 Å². The van der Waals surface area contributed by atoms with Crippen molar-refractivity contribution in [3.63, 3.8) is 0 Å². The van der Waals surface area contributed by atoms with E-state index in [0.717, 1.165) is 12.8 Å². The zero-order chi connectivity index (χ0) is 15.1. The van der Waals surface area contributed by atoms with Crippen LogP contribution in [-0.4, -0.2) is 17.5 Å². The van der Waals surface area contributed by atoms with Gasteiger partial charge in [-0.1, -0.05) is 25.5 Å². The molecule has 1 aromatic heterocycles. The molecule has 0 aliphatic rings. The van der Waals surface area contributed by atoms with Gasteiger partial charge in [0, 0.05) is 6.20 Å². The molecule has 0 fully saturated rings. The lowest BCUT2D eigenvalue weighted by molar-refractivity contribution is 0.102. The molecule has 0 aliphatic carbocycles. The lowest BCUT2D eigenvalue weighted by Gasteiger charge is -2.12. The van der Waals surface area contributed by atoms with Crippen LogP contribution in [0.5, 0.6) is 5.75 Å². The van der Waals surface area contributed by atoms with Crippen LogP contribution in [0, 0.1) is 5.95 Å². The molecule has 0 saturated carbocycles. The summed E-state index contributed by atoms with van der Waals surface area (Å²) in [6.07, 6.45) is 3.25. The van der Waals surface area contributed by atoms with E-state index >= 15 is 0 Å². The Morgan fingerprint density at radius 2 is 2.10 bits per heavy atom. The molecule has 1 aromatic carbocycles. The number of para-hydroxylation sites is 2. The summed E-state index contributed by atoms with van der Waals surface area (Å²) >= 11 is 0. The zero-order valence-corrected chi connectivity index (χ0v) is 11.8. The Hall–Kier alpha value is -2.43. The quantitative estimate of drug-likeness (QED) is 0.652. The third-order valence-corrected chi connectivity index (χ3v) is 2.89. The smallest absolute Gasteiger partial charge is 0.260 e. The van der Waals surface area contributed by atoms with E-state index in [2.05, 4.69) is 17.2 Å². The topological polar surface area (TPSA) is 51.2 Å². The fourth-order valence-corrected chi connectivity index (χ4v) is 1.77. The van der Waals surface area contributed by atoms with E-state index in [1.54, 1.807) is 18.2 Å². The SMILES string of the molecule is CCCCOc1ccccc1NC(=O)c1cccnc1F. The molecular formula is C16H17FN2O2. The molecule has 0 aliphatic heterocycles. The molecule has 21 heavy (non-hydrogen) atoms. The summed E-state index contributed by atoms with van der Waals surface area (Å²) in [5.74, 6) is -0.768. The Balaban J connectivity index is 2.12. The van der Waals surface area contributed by atoms with Gasteiger partial charge in [-0.3, -0.25) is 4.79 Å². The number of unbranched alkanes of at least 4 members (excludes halogenated alkanes) is 1. The molecular weight excluding hydrogens is 271 g/mol. The van der Waals surface area contributed by atoms with E-state index < -0.39 is 11.9 Å². The van der Waals surface area contributed by atoms with Gasteiger partial charge in [0.2, 0.25) is 5.95 Å². The second-order valence-electron chi connectivity index (χ2n) is 4.49. The minimum absolute atomic E-state index is 0.0964. The highest BCUT2D eigenvalue weighted by Gasteiger charge is 2.14. The van der Waals surface area contributed by atoms with Crippen LogP contribution >= 0.6 is 0 Å². The molecule has 1 heterocycles. The van der Waals surface area contributed by atoms with E-state index in [1.165, 1.54) is 18.3 Å². The first kappa shape index (κ1) is 15.0. The van der Waals surface area contributed by atoms with Gasteiger partial charge in [0.1, 0.15) is 5.75 Å². The van der Waals surface area contributed by atoms with E-state index in [-0.39, 0.29) is 5.56 Å². The first-order chi connectivity index (χ1) is 10.2. The molecule has 2 rings (SSSR count). The third kappa shape index (κ3) is 4.02. The van der Waals surface area contributed by atoms with Gasteiger partial charge in [-0.25, -0.2) is 4.98 Å². The van der Waals surface area contributed by atoms with Crippen LogP contribution in [0.1, 0.15) is 30.1 Å². The Morgan fingerprint density at radius 1 is 1.29 bits per heavy atom. The summed E-state index contributed by atoms with van der Waals surface area (Å²) in [4.78, 5) is 15.5. The summed E-state index contributed by atoms with van der Waals surface area (Å²) in [7, 11) is 0. The Labute approximate surface area is 123 Å². The normalized spacial score (nSPS) is 10.2. The predicted octanol–water partition coefficient (Wildman–Crippen LogP) is 3.65. The van der Waals surface area contributed by atoms with Crippen molar-refractivity contribution in [1.82, 2.24) is 4.98 Å². The Morgan fingerprint density at radius 3 is 2.86 bits per heavy atom. The minimum Gasteiger partial charge on any atom is -0.491 e. The molecule has 110 valence electrons. The highest BCUT2D eigenvalue weighted by Crippen LogP contribution is 2.24. The predicted molar refractivity (Wildman–Crippen MR) is 79.0 cm³/mol. The Bertz CT molecular complexity index is 617. The lowest BCUT2D eigenvalue weighted by atomic mass is 10.2. The average molecular weight is 288 g/mol. The summed E-state index contributed by atoms with van der Waals surface area (Å²) in [6, 6.07) is 9.99. The van der Waals surface area contributed by atoms with Crippen LogP contribution in [0.2, 0.25) is 0 Å². The highest BCUT2D eigenvalue weighted by atomic mass is 19.1. The molecule has 4 nitrogen and oxygen atoms in total. The number of pyridine rings is 1. The number of halogens is 1. The van der Waals surface area contributed by atoms with Crippen molar-refractivity contribution in [2.45, 2.75) is 19.8 Å². The minimum atomic E-state index is -0.792. The van der Waals surface area contributed by atoms with Crippen molar-refractivity contribution in [3.05, 3.63) is 54.1 Å². The molecule has 0 bridgehead atoms. The molecule has 0 saturated heterocycles. The van der Waals surface area contributed by atoms with Crippen molar-refractivity contribution in [2.24, 2.45) is 0 Å². The molecule has 0 radical (unpaired) electrons. The first-order valence-corrected chi connectivity index (χ1v) is 6.86. The number of hydrogen-bond acceptors (Lipinski definition) is 3. The fraction of sp³-hybridized carbons (Fsp3) is 0.250. The third-order valence-electron chi connectivity index (χ3n) is 2.89. The van der Waals surface area contributed by atoms with Gasteiger partial charge in [-0.2, -0.15) is 4.39 Å². The fourth-order valence-electron chi connectivity index (χ4n) is 1.77. The first-order valence-electron chi connectivity index (χ1n) is 6.86. The lowest BCUT2D eigenvalue weighted by Crippen LogP contribution is -2.15. The van der Waals surface area contributed by atoms with Gasteiger partial charge < -0.3 is 10.1 Å². The van der Waals surface area contributed by atoms with Gasteiger partial charge in [-0.05, 0) is 30.7 Å². The van der Waals surface area contributed by atoms with Gasteiger partial charge in [0.05, 0.1) is 17.9 Å². The monoisotopic (exact) mass is 288 g/mol. The van der Waals surface area contributed by atoms with Gasteiger partial charge >= 0.3 is 0 Å². The van der Waals surface area contributed by atoms with Crippen molar-refractivity contribution >= 4 is 11.6 Å². The van der Waals surface area contributed by atoms with Crippen LogP contribution in [-0.2, 0) is 0 Å². The van der Waals surface area contributed by atoms with Crippen molar-refractivity contribution in [2.75, 3.05) is 11.9 Å². The number of benzene rings is 1. The maximum absolute atomic E-state index is 13.5. The van der Waals surface area contributed by atoms with E-state index in [9.17, 15) is 9.18 Å². The molecule has 1 amide bonds. The van der Waals surface area contributed by atoms with E-state index in [1.807, 2.05) is 6.07 Å². The number of nitrogens with zero attached hydrogens (tertiary/aromatic N) is 1. The van der Waals surface area contributed by atoms with Gasteiger partial charge in [0.15, 0.2) is 0 Å². The number of carbonyl (C=O) groups excluding carboxylic acids is 1. The van der Waals surface area contributed by atoms with Crippen molar-refractivity contribution in [1.29, 1.82) is 0 Å². The molecule has 0 unspecified atom stereocenters. The number of carbonyl (C=O) groups is 1. The second-order valence-corrected chi connectivity index (χ2v) is 4.49. The number of nitrogens with one attached hydrogen (secondary N) is 1. The largest absolute Gasteiger partial charge is 0.491 e. The van der Waals surface area contributed by atoms with Crippen molar-refractivity contribution < 1.29 is 13.9 Å². The number of amides is 1. The highest BCUT2D eigenvalue weighted by molar-refractivity contribution is 6.04. The Kier molecular flexibility index (Phi) is 5.26. The van der Waals surface area contributed by atoms with Crippen LogP contribution in [0.4, 0.5) is 10.1 Å². The van der Waals surface area contributed by atoms with Gasteiger partial charge in [0.25, 0.3) is 5.91 Å². The van der Waals surface area contributed by atoms with Crippen LogP contribution < -0.4 is 10.1 Å². The molecule has 5 heteroatoms. The average Bonchev–Trinajstić information content (AvgIpc) is 2.49. The number of hydrogen-bond donors (Lipinski definition) is 1. The zero-order valence-electron chi connectivity index (χ0n) is 11.8. The summed E-state index contributed by atoms with van der Waals surface area (Å²) in [5, 5.41) is 2.65. The number of anilines is 1. The number of rotatable bonds is 6. The maximum Gasteiger partial charge on any atom is 0.260 e. The van der Waals surface area contributed by atoms with Crippen LogP contribution in [0.25, 0.3) is 0 Å². The molecule has 0 spiro atoms. The maximum atomic E-state index is 13.5. The summed E-state index contributed by atoms with van der Waals surface area (Å²) < 4.78 is 19.1. The summed E-state index contributed by atoms with van der Waals surface area (Å²) in [6.45, 7) is 2.65. The summed E-state index contributed by atoms with van der Waals surface area (Å²) in [5.41, 5.74) is 0.419. The standard InChI is InChI=1S/C16H17FN2O2/c1-2-3-11-21-14-9-5-4-8-13(14)19-16(20)12-7-6-10-18-15(12)17/h4-10H,2-3,11H2,1H3,(H,19,20). The number of aromatic nitrogens is 1. The molecule has 0 atom stereocenters. The second kappa shape index (κ2) is 7.38. The van der Waals surface area contributed by atoms with Gasteiger partial charge in [-0.15, -0.1) is 0 Å².